The molecule has 2 N–H and O–H groups in total. The Morgan fingerprint density at radius 1 is 1.28 bits per heavy atom. The number of carbonyl (C=O) groups is 1. The van der Waals surface area contributed by atoms with Gasteiger partial charge in [0.1, 0.15) is 4.90 Å². The van der Waals surface area contributed by atoms with Gasteiger partial charge in [-0.05, 0) is 13.8 Å². The number of hydrogen-bond acceptors (Lipinski definition) is 5. The second kappa shape index (κ2) is 5.56. The molecule has 0 saturated carbocycles. The van der Waals surface area contributed by atoms with E-state index in [1.807, 2.05) is 0 Å². The first-order chi connectivity index (χ1) is 11.9. The van der Waals surface area contributed by atoms with Crippen molar-refractivity contribution < 1.29 is 13.2 Å². The molecule has 0 spiro atoms. The van der Waals surface area contributed by atoms with E-state index in [0.29, 0.717) is 37.6 Å². The number of H-pyrrole nitrogens is 1. The van der Waals surface area contributed by atoms with Crippen molar-refractivity contribution in [3.8, 4) is 0 Å². The van der Waals surface area contributed by atoms with Gasteiger partial charge in [-0.2, -0.15) is 14.5 Å². The van der Waals surface area contributed by atoms with E-state index in [1.54, 1.807) is 35.8 Å². The van der Waals surface area contributed by atoms with E-state index < -0.39 is 10.0 Å². The van der Waals surface area contributed by atoms with Crippen molar-refractivity contribution in [3.05, 3.63) is 23.8 Å². The Morgan fingerprint density at radius 2 is 2.04 bits per heavy atom. The highest BCUT2D eigenvalue weighted by molar-refractivity contribution is 7.89. The lowest BCUT2D eigenvalue weighted by atomic mass is 10.2. The first-order valence-electron chi connectivity index (χ1n) is 7.99. The summed E-state index contributed by atoms with van der Waals surface area (Å²) in [5.74, 6) is 0. The molecule has 0 aromatic carbocycles. The highest BCUT2D eigenvalue weighted by Crippen LogP contribution is 2.31. The molecule has 2 saturated heterocycles. The first kappa shape index (κ1) is 16.1. The van der Waals surface area contributed by atoms with Gasteiger partial charge < -0.3 is 5.32 Å². The largest absolute Gasteiger partial charge is 0.336 e. The topological polar surface area (TPSA) is 116 Å². The van der Waals surface area contributed by atoms with Gasteiger partial charge in [-0.25, -0.2) is 13.2 Å². The van der Waals surface area contributed by atoms with Gasteiger partial charge >= 0.3 is 6.03 Å². The molecule has 0 radical (unpaired) electrons. The van der Waals surface area contributed by atoms with E-state index in [2.05, 4.69) is 20.6 Å². The van der Waals surface area contributed by atoms with Crippen molar-refractivity contribution in [1.29, 1.82) is 0 Å². The van der Waals surface area contributed by atoms with Crippen LogP contribution in [0.3, 0.4) is 0 Å². The summed E-state index contributed by atoms with van der Waals surface area (Å²) in [6.07, 6.45) is 3.42. The van der Waals surface area contributed by atoms with Crippen LogP contribution in [0.25, 0.3) is 0 Å². The number of anilines is 1. The molecule has 0 aliphatic carbocycles. The van der Waals surface area contributed by atoms with Gasteiger partial charge in [0.25, 0.3) is 0 Å². The quantitative estimate of drug-likeness (QED) is 0.791. The number of aryl methyl sites for hydroxylation is 2. The smallest absolute Gasteiger partial charge is 0.322 e. The van der Waals surface area contributed by atoms with E-state index in [0.717, 1.165) is 5.69 Å². The zero-order valence-corrected chi connectivity index (χ0v) is 14.7. The lowest BCUT2D eigenvalue weighted by Gasteiger charge is -2.37. The molecule has 10 nitrogen and oxygen atoms in total. The van der Waals surface area contributed by atoms with Gasteiger partial charge in [-0.1, -0.05) is 0 Å². The molecule has 2 aromatic rings. The number of carbonyl (C=O) groups excluding carboxylic acids is 1. The van der Waals surface area contributed by atoms with Gasteiger partial charge in [-0.3, -0.25) is 14.7 Å². The van der Waals surface area contributed by atoms with Crippen molar-refractivity contribution in [2.45, 2.75) is 24.8 Å². The molecule has 11 heteroatoms. The molecule has 134 valence electrons. The maximum absolute atomic E-state index is 12.7. The fraction of sp³-hybridized carbons (Fsp3) is 0.500. The van der Waals surface area contributed by atoms with Crippen LogP contribution in [0, 0.1) is 13.8 Å². The van der Waals surface area contributed by atoms with Crippen LogP contribution in [0.5, 0.6) is 0 Å². The predicted molar refractivity (Wildman–Crippen MR) is 88.8 cm³/mol. The van der Waals surface area contributed by atoms with Crippen LogP contribution in [0.4, 0.5) is 10.5 Å². The molecule has 0 bridgehead atoms. The molecule has 4 rings (SSSR count). The summed E-state index contributed by atoms with van der Waals surface area (Å²) in [5, 5.41) is 13.7. The predicted octanol–water partition coefficient (Wildman–Crippen LogP) is -0.00176. The molecule has 2 fully saturated rings. The highest BCUT2D eigenvalue weighted by atomic mass is 32.2. The number of rotatable bonds is 4. The third kappa shape index (κ3) is 2.50. The van der Waals surface area contributed by atoms with Crippen LogP contribution in [0.1, 0.15) is 17.4 Å². The SMILES string of the molecule is Cc1n[nH]c(C)c1S(=O)(=O)N1CC(n2cc(N3CCNC3=O)cn2)C1. The van der Waals surface area contributed by atoms with Crippen LogP contribution in [0.15, 0.2) is 17.3 Å². The summed E-state index contributed by atoms with van der Waals surface area (Å²) in [5.41, 5.74) is 1.74. The number of hydrogen-bond donors (Lipinski definition) is 2. The van der Waals surface area contributed by atoms with E-state index in [1.165, 1.54) is 4.31 Å². The van der Waals surface area contributed by atoms with E-state index in [4.69, 9.17) is 0 Å². The minimum absolute atomic E-state index is 0.0401. The Bertz CT molecular complexity index is 907. The molecule has 2 aliphatic heterocycles. The monoisotopic (exact) mass is 365 g/mol. The number of aromatic amines is 1. The molecule has 0 atom stereocenters. The molecule has 25 heavy (non-hydrogen) atoms. The summed E-state index contributed by atoms with van der Waals surface area (Å²) >= 11 is 0. The average Bonchev–Trinajstić information content (AvgIpc) is 3.18. The highest BCUT2D eigenvalue weighted by Gasteiger charge is 2.40. The number of sulfonamides is 1. The summed E-state index contributed by atoms with van der Waals surface area (Å²) in [6, 6.07) is -0.176. The Kier molecular flexibility index (Phi) is 3.58. The van der Waals surface area contributed by atoms with E-state index >= 15 is 0 Å². The fourth-order valence-corrected chi connectivity index (χ4v) is 5.06. The Labute approximate surface area is 144 Å². The van der Waals surface area contributed by atoms with Crippen LogP contribution in [0.2, 0.25) is 0 Å². The number of urea groups is 1. The zero-order valence-electron chi connectivity index (χ0n) is 13.9. The van der Waals surface area contributed by atoms with Gasteiger partial charge in [-0.15, -0.1) is 0 Å². The second-order valence-corrected chi connectivity index (χ2v) is 8.18. The normalized spacial score (nSPS) is 19.3. The summed E-state index contributed by atoms with van der Waals surface area (Å²) in [7, 11) is -3.55. The van der Waals surface area contributed by atoms with Crippen LogP contribution in [-0.4, -0.2) is 64.9 Å². The van der Waals surface area contributed by atoms with Gasteiger partial charge in [0.05, 0.1) is 29.3 Å². The Hall–Kier alpha value is -2.40. The first-order valence-corrected chi connectivity index (χ1v) is 9.43. The lowest BCUT2D eigenvalue weighted by Crippen LogP contribution is -2.50. The van der Waals surface area contributed by atoms with Gasteiger partial charge in [0.15, 0.2) is 0 Å². The molecule has 2 aromatic heterocycles. The van der Waals surface area contributed by atoms with Gasteiger partial charge in [0, 0.05) is 32.4 Å². The number of aromatic nitrogens is 4. The van der Waals surface area contributed by atoms with Crippen LogP contribution in [-0.2, 0) is 10.0 Å². The van der Waals surface area contributed by atoms with E-state index in [9.17, 15) is 13.2 Å². The second-order valence-electron chi connectivity index (χ2n) is 6.30. The maximum Gasteiger partial charge on any atom is 0.322 e. The van der Waals surface area contributed by atoms with Crippen molar-refractivity contribution in [2.75, 3.05) is 31.1 Å². The fourth-order valence-electron chi connectivity index (χ4n) is 3.22. The Morgan fingerprint density at radius 3 is 2.64 bits per heavy atom. The minimum Gasteiger partial charge on any atom is -0.336 e. The summed E-state index contributed by atoms with van der Waals surface area (Å²) in [6.45, 7) is 5.29. The van der Waals surface area contributed by atoms with E-state index in [-0.39, 0.29) is 17.0 Å². The summed E-state index contributed by atoms with van der Waals surface area (Å²) < 4.78 is 28.6. The number of nitrogens with zero attached hydrogens (tertiary/aromatic N) is 5. The molecule has 2 aliphatic rings. The molecule has 4 heterocycles. The zero-order chi connectivity index (χ0) is 17.8. The average molecular weight is 365 g/mol. The molecular formula is C14H19N7O3S. The number of amides is 2. The van der Waals surface area contributed by atoms with Crippen molar-refractivity contribution in [2.24, 2.45) is 0 Å². The van der Waals surface area contributed by atoms with Crippen LogP contribution < -0.4 is 10.2 Å². The van der Waals surface area contributed by atoms with Crippen LogP contribution >= 0.6 is 0 Å². The summed E-state index contributed by atoms with van der Waals surface area (Å²) in [4.78, 5) is 13.6. The van der Waals surface area contributed by atoms with Gasteiger partial charge in [0.2, 0.25) is 10.0 Å². The van der Waals surface area contributed by atoms with Crippen molar-refractivity contribution in [1.82, 2.24) is 29.6 Å². The lowest BCUT2D eigenvalue weighted by molar-refractivity contribution is 0.191. The van der Waals surface area contributed by atoms with Crippen molar-refractivity contribution in [3.63, 3.8) is 0 Å². The third-order valence-corrected chi connectivity index (χ3v) is 6.71. The molecular weight excluding hydrogens is 346 g/mol. The minimum atomic E-state index is -3.55. The number of nitrogens with one attached hydrogen (secondary N) is 2. The Balaban J connectivity index is 1.47. The molecule has 2 amide bonds. The standard InChI is InChI=1S/C14H19N7O3S/c1-9-13(10(2)18-17-9)25(23,24)19-6-12(7-19)21-8-11(5-16-21)20-4-3-15-14(20)22/h5,8,12H,3-4,6-7H2,1-2H3,(H,15,22)(H,17,18). The van der Waals surface area contributed by atoms with Crippen molar-refractivity contribution >= 4 is 21.7 Å². The third-order valence-electron chi connectivity index (χ3n) is 4.62. The molecule has 0 unspecified atom stereocenters. The maximum atomic E-state index is 12.7.